The summed E-state index contributed by atoms with van der Waals surface area (Å²) in [6, 6.07) is 14.8. The van der Waals surface area contributed by atoms with Crippen molar-refractivity contribution in [3.8, 4) is 16.9 Å². The van der Waals surface area contributed by atoms with E-state index >= 15 is 0 Å². The first-order valence-electron chi connectivity index (χ1n) is 11.2. The number of thiophene rings is 1. The Morgan fingerprint density at radius 3 is 2.53 bits per heavy atom. The molecule has 0 spiro atoms. The lowest BCUT2D eigenvalue weighted by molar-refractivity contribution is -0.111. The zero-order chi connectivity index (χ0) is 24.5. The summed E-state index contributed by atoms with van der Waals surface area (Å²) in [5.41, 5.74) is 2.71. The van der Waals surface area contributed by atoms with Crippen LogP contribution in [0.5, 0.6) is 5.75 Å². The molecule has 0 unspecified atom stereocenters. The van der Waals surface area contributed by atoms with Gasteiger partial charge in [-0.3, -0.25) is 4.79 Å². The molecule has 0 fully saturated rings. The first-order chi connectivity index (χ1) is 16.4. The minimum absolute atomic E-state index is 0.232. The van der Waals surface area contributed by atoms with E-state index in [-0.39, 0.29) is 12.5 Å². The summed E-state index contributed by atoms with van der Waals surface area (Å²) >= 11 is 7.37. The molecule has 2 aromatic carbocycles. The number of anilines is 1. The quantitative estimate of drug-likeness (QED) is 0.180. The number of ether oxygens (including phenoxy) is 2. The number of hydrogen-bond donors (Lipinski definition) is 1. The second-order valence-corrected chi connectivity index (χ2v) is 9.19. The van der Waals surface area contributed by atoms with Crippen molar-refractivity contribution in [3.05, 3.63) is 75.6 Å². The van der Waals surface area contributed by atoms with E-state index in [0.29, 0.717) is 22.2 Å². The molecule has 0 saturated heterocycles. The summed E-state index contributed by atoms with van der Waals surface area (Å²) < 4.78 is 11.1. The highest BCUT2D eigenvalue weighted by molar-refractivity contribution is 7.17. The fraction of sp³-hybridized carbons (Fsp3) is 0.259. The molecular formula is C27H28ClNO4S. The summed E-state index contributed by atoms with van der Waals surface area (Å²) in [6.45, 7) is 6.62. The Kier molecular flexibility index (Phi) is 9.31. The predicted molar refractivity (Wildman–Crippen MR) is 140 cm³/mol. The van der Waals surface area contributed by atoms with E-state index in [4.69, 9.17) is 21.1 Å². The molecular weight excluding hydrogens is 470 g/mol. The average Bonchev–Trinajstić information content (AvgIpc) is 3.14. The van der Waals surface area contributed by atoms with Gasteiger partial charge in [0.2, 0.25) is 5.91 Å². The van der Waals surface area contributed by atoms with Gasteiger partial charge in [-0.1, -0.05) is 55.3 Å². The Morgan fingerprint density at radius 1 is 1.09 bits per heavy atom. The van der Waals surface area contributed by atoms with Crippen LogP contribution in [0.4, 0.5) is 5.00 Å². The number of nitrogens with one attached hydrogen (secondary N) is 1. The minimum Gasteiger partial charge on any atom is -0.493 e. The van der Waals surface area contributed by atoms with Gasteiger partial charge in [0.1, 0.15) is 16.3 Å². The number of benzene rings is 2. The number of amides is 1. The van der Waals surface area contributed by atoms with Crippen molar-refractivity contribution >= 4 is 45.9 Å². The van der Waals surface area contributed by atoms with Crippen LogP contribution in [0.25, 0.3) is 17.2 Å². The zero-order valence-corrected chi connectivity index (χ0v) is 21.1. The van der Waals surface area contributed by atoms with Crippen molar-refractivity contribution in [3.63, 3.8) is 0 Å². The molecule has 0 aliphatic rings. The molecule has 5 nitrogen and oxygen atoms in total. The monoisotopic (exact) mass is 497 g/mol. The Hall–Kier alpha value is -3.09. The topological polar surface area (TPSA) is 64.6 Å². The molecule has 0 radical (unpaired) electrons. The lowest BCUT2D eigenvalue weighted by Gasteiger charge is -2.09. The minimum atomic E-state index is -0.481. The highest BCUT2D eigenvalue weighted by Gasteiger charge is 2.25. The highest BCUT2D eigenvalue weighted by Crippen LogP contribution is 2.40. The van der Waals surface area contributed by atoms with E-state index in [0.717, 1.165) is 40.2 Å². The van der Waals surface area contributed by atoms with Crippen LogP contribution in [0.15, 0.2) is 54.6 Å². The molecule has 178 valence electrons. The van der Waals surface area contributed by atoms with Crippen molar-refractivity contribution in [2.45, 2.75) is 33.6 Å². The summed E-state index contributed by atoms with van der Waals surface area (Å²) in [5, 5.41) is 3.91. The smallest absolute Gasteiger partial charge is 0.341 e. The van der Waals surface area contributed by atoms with Crippen molar-refractivity contribution in [1.29, 1.82) is 0 Å². The second kappa shape index (κ2) is 12.4. The van der Waals surface area contributed by atoms with E-state index in [1.807, 2.05) is 43.3 Å². The van der Waals surface area contributed by atoms with Crippen LogP contribution in [0.2, 0.25) is 5.02 Å². The zero-order valence-electron chi connectivity index (χ0n) is 19.5. The molecule has 3 rings (SSSR count). The van der Waals surface area contributed by atoms with Crippen molar-refractivity contribution < 1.29 is 19.1 Å². The largest absolute Gasteiger partial charge is 0.493 e. The van der Waals surface area contributed by atoms with Gasteiger partial charge in [-0.25, -0.2) is 4.79 Å². The van der Waals surface area contributed by atoms with E-state index in [2.05, 4.69) is 12.2 Å². The third-order valence-electron chi connectivity index (χ3n) is 5.02. The van der Waals surface area contributed by atoms with E-state index in [9.17, 15) is 9.59 Å². The number of carbonyl (C=O) groups excluding carboxylic acids is 2. The third-order valence-corrected chi connectivity index (χ3v) is 6.29. The van der Waals surface area contributed by atoms with Crippen LogP contribution in [-0.2, 0) is 9.53 Å². The molecule has 0 atom stereocenters. The molecule has 0 aliphatic heterocycles. The number of carbonyl (C=O) groups is 2. The molecule has 0 saturated carbocycles. The average molecular weight is 498 g/mol. The van der Waals surface area contributed by atoms with Gasteiger partial charge in [0, 0.05) is 27.1 Å². The molecule has 1 heterocycles. The molecule has 7 heteroatoms. The Bertz CT molecular complexity index is 1170. The number of aryl methyl sites for hydroxylation is 1. The second-order valence-electron chi connectivity index (χ2n) is 7.53. The van der Waals surface area contributed by atoms with Crippen LogP contribution in [0.1, 0.15) is 47.5 Å². The van der Waals surface area contributed by atoms with Gasteiger partial charge in [0.25, 0.3) is 0 Å². The molecule has 0 aliphatic carbocycles. The van der Waals surface area contributed by atoms with Crippen LogP contribution in [0, 0.1) is 6.92 Å². The van der Waals surface area contributed by atoms with E-state index in [1.165, 1.54) is 17.4 Å². The fourth-order valence-corrected chi connectivity index (χ4v) is 4.58. The maximum atomic E-state index is 12.8. The van der Waals surface area contributed by atoms with Gasteiger partial charge < -0.3 is 14.8 Å². The Morgan fingerprint density at radius 2 is 1.82 bits per heavy atom. The Balaban J connectivity index is 1.87. The first kappa shape index (κ1) is 25.5. The van der Waals surface area contributed by atoms with Gasteiger partial charge in [-0.2, -0.15) is 0 Å². The number of esters is 1. The van der Waals surface area contributed by atoms with Gasteiger partial charge in [0.15, 0.2) is 0 Å². The predicted octanol–water partition coefficient (Wildman–Crippen LogP) is 7.38. The molecule has 1 amide bonds. The summed E-state index contributed by atoms with van der Waals surface area (Å²) in [7, 11) is 0. The lowest BCUT2D eigenvalue weighted by atomic mass is 10.0. The molecule has 1 N–H and O–H groups in total. The summed E-state index contributed by atoms with van der Waals surface area (Å²) in [6.07, 6.45) is 5.15. The number of para-hydroxylation sites is 1. The Labute approximate surface area is 209 Å². The highest BCUT2D eigenvalue weighted by atomic mass is 35.5. The maximum Gasteiger partial charge on any atom is 0.341 e. The number of halogens is 1. The van der Waals surface area contributed by atoms with E-state index < -0.39 is 5.97 Å². The van der Waals surface area contributed by atoms with Gasteiger partial charge in [-0.05, 0) is 50.1 Å². The number of rotatable bonds is 10. The number of unbranched alkanes of at least 4 members (excludes halogenated alkanes) is 1. The molecule has 34 heavy (non-hydrogen) atoms. The maximum absolute atomic E-state index is 12.8. The van der Waals surface area contributed by atoms with Crippen LogP contribution in [-0.4, -0.2) is 25.1 Å². The lowest BCUT2D eigenvalue weighted by Crippen LogP contribution is -2.12. The van der Waals surface area contributed by atoms with Gasteiger partial charge in [-0.15, -0.1) is 11.3 Å². The van der Waals surface area contributed by atoms with Crippen LogP contribution < -0.4 is 10.1 Å². The molecule has 0 bridgehead atoms. The van der Waals surface area contributed by atoms with Gasteiger partial charge >= 0.3 is 5.97 Å². The molecule has 1 aromatic heterocycles. The summed E-state index contributed by atoms with van der Waals surface area (Å²) in [5.74, 6) is -0.104. The summed E-state index contributed by atoms with van der Waals surface area (Å²) in [4.78, 5) is 26.5. The van der Waals surface area contributed by atoms with Crippen molar-refractivity contribution in [1.82, 2.24) is 0 Å². The molecule has 3 aromatic rings. The standard InChI is InChI=1S/C27H28ClNO4S/c1-4-6-17-33-22-10-8-7-9-19(22)13-16-23(30)29-26-25(27(31)32-5-2)24(18(3)34-26)20-11-14-21(28)15-12-20/h7-16H,4-6,17H2,1-3H3,(H,29,30). The first-order valence-corrected chi connectivity index (χ1v) is 12.4. The van der Waals surface area contributed by atoms with E-state index in [1.54, 1.807) is 25.1 Å². The van der Waals surface area contributed by atoms with Crippen LogP contribution in [0.3, 0.4) is 0 Å². The fourth-order valence-electron chi connectivity index (χ4n) is 3.39. The van der Waals surface area contributed by atoms with Crippen molar-refractivity contribution in [2.75, 3.05) is 18.5 Å². The third kappa shape index (κ3) is 6.49. The van der Waals surface area contributed by atoms with Crippen LogP contribution >= 0.6 is 22.9 Å². The van der Waals surface area contributed by atoms with Gasteiger partial charge in [0.05, 0.1) is 13.2 Å². The SMILES string of the molecule is CCCCOc1ccccc1C=CC(=O)Nc1sc(C)c(-c2ccc(Cl)cc2)c1C(=O)OCC. The van der Waals surface area contributed by atoms with Crippen molar-refractivity contribution in [2.24, 2.45) is 0 Å². The number of hydrogen-bond acceptors (Lipinski definition) is 5. The normalized spacial score (nSPS) is 10.9.